The standard InChI is InChI=1S/C24H19F2NO3S2/c1-14-4-3-5-15(2)19(14)13-32(29,30)18-8-9-22-21(12-18)27-24(28)23(31-22)10-16-6-7-17(25)11-20(16)26/h3-12H,13H2,1-2H3,(H,27,28)/b23-10+. The summed E-state index contributed by atoms with van der Waals surface area (Å²) in [6, 6.07) is 13.3. The van der Waals surface area contributed by atoms with Crippen molar-refractivity contribution in [1.29, 1.82) is 0 Å². The fourth-order valence-electron chi connectivity index (χ4n) is 3.44. The molecule has 0 bridgehead atoms. The van der Waals surface area contributed by atoms with Gasteiger partial charge in [-0.1, -0.05) is 30.0 Å². The number of benzene rings is 3. The highest BCUT2D eigenvalue weighted by Crippen LogP contribution is 2.40. The predicted molar refractivity (Wildman–Crippen MR) is 122 cm³/mol. The van der Waals surface area contributed by atoms with Crippen LogP contribution in [0.15, 0.2) is 69.3 Å². The zero-order valence-electron chi connectivity index (χ0n) is 17.3. The van der Waals surface area contributed by atoms with E-state index in [4.69, 9.17) is 0 Å². The molecule has 1 aliphatic heterocycles. The summed E-state index contributed by atoms with van der Waals surface area (Å²) < 4.78 is 53.2. The van der Waals surface area contributed by atoms with Gasteiger partial charge in [-0.25, -0.2) is 17.2 Å². The van der Waals surface area contributed by atoms with Gasteiger partial charge in [0, 0.05) is 16.5 Å². The van der Waals surface area contributed by atoms with Crippen molar-refractivity contribution in [2.24, 2.45) is 0 Å². The van der Waals surface area contributed by atoms with Crippen LogP contribution in [0.25, 0.3) is 6.08 Å². The monoisotopic (exact) mass is 471 g/mol. The molecule has 0 spiro atoms. The summed E-state index contributed by atoms with van der Waals surface area (Å²) in [5, 5.41) is 2.67. The predicted octanol–water partition coefficient (Wildman–Crippen LogP) is 5.64. The van der Waals surface area contributed by atoms with Gasteiger partial charge in [0.05, 0.1) is 21.2 Å². The molecule has 0 atom stereocenters. The number of carbonyl (C=O) groups excluding carboxylic acids is 1. The third-order valence-corrected chi connectivity index (χ3v) is 7.97. The first-order valence-electron chi connectivity index (χ1n) is 9.72. The number of fused-ring (bicyclic) bond motifs is 1. The lowest BCUT2D eigenvalue weighted by Crippen LogP contribution is -2.18. The van der Waals surface area contributed by atoms with Crippen LogP contribution in [0.4, 0.5) is 14.5 Å². The Morgan fingerprint density at radius 3 is 2.41 bits per heavy atom. The van der Waals surface area contributed by atoms with E-state index in [2.05, 4.69) is 5.32 Å². The minimum absolute atomic E-state index is 0.0836. The lowest BCUT2D eigenvalue weighted by atomic mass is 10.1. The first-order chi connectivity index (χ1) is 15.1. The van der Waals surface area contributed by atoms with Crippen LogP contribution in [-0.4, -0.2) is 14.3 Å². The van der Waals surface area contributed by atoms with E-state index in [-0.39, 0.29) is 21.1 Å². The van der Waals surface area contributed by atoms with E-state index in [1.165, 1.54) is 24.3 Å². The second-order valence-electron chi connectivity index (χ2n) is 7.52. The normalized spacial score (nSPS) is 14.9. The molecule has 0 fully saturated rings. The summed E-state index contributed by atoms with van der Waals surface area (Å²) in [5.74, 6) is -2.11. The van der Waals surface area contributed by atoms with Gasteiger partial charge in [-0.05, 0) is 66.9 Å². The van der Waals surface area contributed by atoms with E-state index in [9.17, 15) is 22.0 Å². The van der Waals surface area contributed by atoms with Crippen LogP contribution < -0.4 is 5.32 Å². The molecule has 3 aromatic rings. The van der Waals surface area contributed by atoms with Crippen LogP contribution in [0.2, 0.25) is 0 Å². The van der Waals surface area contributed by atoms with E-state index >= 15 is 0 Å². The first kappa shape index (κ1) is 22.2. The summed E-state index contributed by atoms with van der Waals surface area (Å²) in [5.41, 5.74) is 3.02. The molecule has 164 valence electrons. The second-order valence-corrected chi connectivity index (χ2v) is 10.6. The molecular weight excluding hydrogens is 452 g/mol. The first-order valence-corrected chi connectivity index (χ1v) is 12.2. The van der Waals surface area contributed by atoms with Crippen molar-refractivity contribution < 1.29 is 22.0 Å². The van der Waals surface area contributed by atoms with Crippen LogP contribution in [0.5, 0.6) is 0 Å². The molecular formula is C24H19F2NO3S2. The average Bonchev–Trinajstić information content (AvgIpc) is 2.73. The second kappa shape index (κ2) is 8.52. The molecule has 1 N–H and O–H groups in total. The lowest BCUT2D eigenvalue weighted by Gasteiger charge is -2.20. The molecule has 1 aliphatic rings. The van der Waals surface area contributed by atoms with Crippen molar-refractivity contribution in [3.05, 3.63) is 93.4 Å². The topological polar surface area (TPSA) is 63.2 Å². The maximum Gasteiger partial charge on any atom is 0.262 e. The Kier molecular flexibility index (Phi) is 5.92. The van der Waals surface area contributed by atoms with Crippen LogP contribution in [-0.2, 0) is 20.4 Å². The Morgan fingerprint density at radius 2 is 1.72 bits per heavy atom. The lowest BCUT2D eigenvalue weighted by molar-refractivity contribution is -0.112. The quantitative estimate of drug-likeness (QED) is 0.500. The molecule has 4 nitrogen and oxygen atoms in total. The minimum atomic E-state index is -3.64. The van der Waals surface area contributed by atoms with E-state index in [0.717, 1.165) is 40.6 Å². The van der Waals surface area contributed by atoms with E-state index in [0.29, 0.717) is 10.6 Å². The van der Waals surface area contributed by atoms with Crippen LogP contribution in [0.1, 0.15) is 22.3 Å². The number of carbonyl (C=O) groups is 1. The van der Waals surface area contributed by atoms with Crippen molar-refractivity contribution in [2.45, 2.75) is 29.4 Å². The van der Waals surface area contributed by atoms with Gasteiger partial charge in [0.25, 0.3) is 5.91 Å². The van der Waals surface area contributed by atoms with Gasteiger partial charge in [0.2, 0.25) is 0 Å². The Hall–Kier alpha value is -2.97. The fraction of sp³-hybridized carbons (Fsp3) is 0.125. The Morgan fingerprint density at radius 1 is 1.00 bits per heavy atom. The van der Waals surface area contributed by atoms with Crippen molar-refractivity contribution in [1.82, 2.24) is 0 Å². The molecule has 0 aromatic heterocycles. The molecule has 0 aliphatic carbocycles. The minimum Gasteiger partial charge on any atom is -0.320 e. The molecule has 1 amide bonds. The number of thioether (sulfide) groups is 1. The number of anilines is 1. The summed E-state index contributed by atoms with van der Waals surface area (Å²) >= 11 is 1.09. The third kappa shape index (κ3) is 4.47. The number of nitrogens with one attached hydrogen (secondary N) is 1. The van der Waals surface area contributed by atoms with Crippen molar-refractivity contribution in [3.8, 4) is 0 Å². The number of amides is 1. The smallest absolute Gasteiger partial charge is 0.262 e. The molecule has 1 heterocycles. The average molecular weight is 472 g/mol. The Bertz CT molecular complexity index is 1360. The summed E-state index contributed by atoms with van der Waals surface area (Å²) in [6.45, 7) is 3.75. The maximum absolute atomic E-state index is 14.0. The largest absolute Gasteiger partial charge is 0.320 e. The Balaban J connectivity index is 1.63. The third-order valence-electron chi connectivity index (χ3n) is 5.23. The van der Waals surface area contributed by atoms with Gasteiger partial charge in [-0.3, -0.25) is 4.79 Å². The number of aryl methyl sites for hydroxylation is 2. The highest BCUT2D eigenvalue weighted by Gasteiger charge is 2.25. The van der Waals surface area contributed by atoms with Gasteiger partial charge < -0.3 is 5.32 Å². The van der Waals surface area contributed by atoms with E-state index in [1.54, 1.807) is 6.07 Å². The molecule has 3 aromatic carbocycles. The Labute approximate surface area is 189 Å². The fourth-order valence-corrected chi connectivity index (χ4v) is 5.94. The number of sulfone groups is 1. The molecule has 0 saturated carbocycles. The van der Waals surface area contributed by atoms with Gasteiger partial charge >= 0.3 is 0 Å². The van der Waals surface area contributed by atoms with Crippen molar-refractivity contribution in [3.63, 3.8) is 0 Å². The van der Waals surface area contributed by atoms with Gasteiger partial charge in [-0.15, -0.1) is 0 Å². The molecule has 4 rings (SSSR count). The molecule has 0 unspecified atom stereocenters. The summed E-state index contributed by atoms with van der Waals surface area (Å²) in [7, 11) is -3.64. The summed E-state index contributed by atoms with van der Waals surface area (Å²) in [4.78, 5) is 13.5. The van der Waals surface area contributed by atoms with E-state index < -0.39 is 27.4 Å². The molecule has 0 radical (unpaired) electrons. The van der Waals surface area contributed by atoms with E-state index in [1.807, 2.05) is 32.0 Å². The van der Waals surface area contributed by atoms with Crippen LogP contribution in [0, 0.1) is 25.5 Å². The van der Waals surface area contributed by atoms with Gasteiger partial charge in [-0.2, -0.15) is 0 Å². The van der Waals surface area contributed by atoms with Crippen molar-refractivity contribution in [2.75, 3.05) is 5.32 Å². The highest BCUT2D eigenvalue weighted by molar-refractivity contribution is 8.04. The molecule has 0 saturated heterocycles. The van der Waals surface area contributed by atoms with Crippen molar-refractivity contribution >= 4 is 39.3 Å². The molecule has 32 heavy (non-hydrogen) atoms. The molecule has 8 heteroatoms. The SMILES string of the molecule is Cc1cccc(C)c1CS(=O)(=O)c1ccc2c(c1)NC(=O)/C(=C\c1ccc(F)cc1F)S2. The highest BCUT2D eigenvalue weighted by atomic mass is 32.2. The number of hydrogen-bond donors (Lipinski definition) is 1. The number of halogens is 2. The number of hydrogen-bond acceptors (Lipinski definition) is 4. The number of rotatable bonds is 4. The maximum atomic E-state index is 14.0. The zero-order valence-corrected chi connectivity index (χ0v) is 18.9. The zero-order chi connectivity index (χ0) is 23.0. The van der Waals surface area contributed by atoms with Gasteiger partial charge in [0.1, 0.15) is 11.6 Å². The van der Waals surface area contributed by atoms with Crippen LogP contribution >= 0.6 is 11.8 Å². The summed E-state index contributed by atoms with van der Waals surface area (Å²) in [6.07, 6.45) is 1.34. The van der Waals surface area contributed by atoms with Gasteiger partial charge in [0.15, 0.2) is 9.84 Å². The van der Waals surface area contributed by atoms with Crippen LogP contribution in [0.3, 0.4) is 0 Å².